The fourth-order valence-electron chi connectivity index (χ4n) is 2.74. The predicted molar refractivity (Wildman–Crippen MR) is 122 cm³/mol. The van der Waals surface area contributed by atoms with E-state index >= 15 is 0 Å². The standard InChI is InChI=1S/C19H29FN4OS.HI/c1-2-21-19(22-11-4-14-24-13-3-6-18(24)25)23-12-5-15-26-17-9-7-16(20)8-10-17;/h7-10H,2-6,11-15H2,1H3,(H2,21,22,23);1H. The number of likely N-dealkylation sites (tertiary alicyclic amines) is 1. The topological polar surface area (TPSA) is 56.7 Å². The highest BCUT2D eigenvalue weighted by Crippen LogP contribution is 2.18. The van der Waals surface area contributed by atoms with Crippen molar-refractivity contribution in [3.63, 3.8) is 0 Å². The summed E-state index contributed by atoms with van der Waals surface area (Å²) in [5.41, 5.74) is 0. The largest absolute Gasteiger partial charge is 0.357 e. The maximum absolute atomic E-state index is 12.9. The number of benzene rings is 1. The monoisotopic (exact) mass is 508 g/mol. The molecule has 1 amide bonds. The van der Waals surface area contributed by atoms with E-state index in [9.17, 15) is 9.18 Å². The third-order valence-electron chi connectivity index (χ3n) is 4.07. The van der Waals surface area contributed by atoms with Crippen molar-refractivity contribution in [2.75, 3.05) is 38.5 Å². The van der Waals surface area contributed by atoms with E-state index in [0.717, 1.165) is 68.6 Å². The molecule has 1 aromatic rings. The van der Waals surface area contributed by atoms with Crippen molar-refractivity contribution in [2.45, 2.75) is 37.5 Å². The van der Waals surface area contributed by atoms with Crippen molar-refractivity contribution in [3.8, 4) is 0 Å². The average molecular weight is 508 g/mol. The van der Waals surface area contributed by atoms with Gasteiger partial charge in [0.2, 0.25) is 5.91 Å². The van der Waals surface area contributed by atoms with E-state index in [-0.39, 0.29) is 35.7 Å². The van der Waals surface area contributed by atoms with Gasteiger partial charge in [-0.1, -0.05) is 0 Å². The van der Waals surface area contributed by atoms with Crippen molar-refractivity contribution in [1.82, 2.24) is 15.5 Å². The summed E-state index contributed by atoms with van der Waals surface area (Å²) in [6, 6.07) is 6.59. The van der Waals surface area contributed by atoms with Crippen LogP contribution in [0.15, 0.2) is 34.2 Å². The van der Waals surface area contributed by atoms with E-state index in [1.807, 2.05) is 11.8 Å². The second-order valence-corrected chi connectivity index (χ2v) is 7.35. The molecule has 5 nitrogen and oxygen atoms in total. The van der Waals surface area contributed by atoms with Crippen LogP contribution in [0.4, 0.5) is 4.39 Å². The van der Waals surface area contributed by atoms with Crippen LogP contribution in [0.3, 0.4) is 0 Å². The molecule has 0 aromatic heterocycles. The lowest BCUT2D eigenvalue weighted by Gasteiger charge is -2.16. The van der Waals surface area contributed by atoms with E-state index in [2.05, 4.69) is 15.6 Å². The molecular weight excluding hydrogens is 478 g/mol. The molecule has 1 heterocycles. The van der Waals surface area contributed by atoms with E-state index < -0.39 is 0 Å². The van der Waals surface area contributed by atoms with Gasteiger partial charge in [0.15, 0.2) is 5.96 Å². The number of carbonyl (C=O) groups excluding carboxylic acids is 1. The summed E-state index contributed by atoms with van der Waals surface area (Å²) in [5, 5.41) is 6.57. The number of halogens is 2. The highest BCUT2D eigenvalue weighted by atomic mass is 127. The van der Waals surface area contributed by atoms with Crippen LogP contribution in [-0.4, -0.2) is 55.2 Å². The third-order valence-corrected chi connectivity index (χ3v) is 5.17. The van der Waals surface area contributed by atoms with Gasteiger partial charge in [-0.05, 0) is 56.2 Å². The number of nitrogens with one attached hydrogen (secondary N) is 2. The Hall–Kier alpha value is -1.03. The van der Waals surface area contributed by atoms with Gasteiger partial charge in [-0.2, -0.15) is 0 Å². The van der Waals surface area contributed by atoms with Crippen molar-refractivity contribution >= 4 is 47.6 Å². The molecular formula is C19H30FIN4OS. The van der Waals surface area contributed by atoms with Gasteiger partial charge < -0.3 is 15.5 Å². The predicted octanol–water partition coefficient (Wildman–Crippen LogP) is 3.49. The summed E-state index contributed by atoms with van der Waals surface area (Å²) in [5.74, 6) is 1.86. The van der Waals surface area contributed by atoms with Crippen LogP contribution in [0.5, 0.6) is 0 Å². The first-order valence-electron chi connectivity index (χ1n) is 9.37. The molecule has 0 unspecified atom stereocenters. The lowest BCUT2D eigenvalue weighted by molar-refractivity contribution is -0.127. The van der Waals surface area contributed by atoms with Gasteiger partial charge in [-0.3, -0.25) is 9.79 Å². The maximum Gasteiger partial charge on any atom is 0.222 e. The molecule has 2 N–H and O–H groups in total. The smallest absolute Gasteiger partial charge is 0.222 e. The number of rotatable bonds is 10. The average Bonchev–Trinajstić information content (AvgIpc) is 3.05. The number of nitrogens with zero attached hydrogens (tertiary/aromatic N) is 2. The molecule has 0 aliphatic carbocycles. The molecule has 0 bridgehead atoms. The van der Waals surface area contributed by atoms with Gasteiger partial charge in [0.05, 0.1) is 0 Å². The molecule has 0 saturated carbocycles. The van der Waals surface area contributed by atoms with Crippen LogP contribution in [0.2, 0.25) is 0 Å². The number of amides is 1. The number of hydrogen-bond donors (Lipinski definition) is 2. The molecule has 1 fully saturated rings. The molecule has 1 saturated heterocycles. The minimum absolute atomic E-state index is 0. The van der Waals surface area contributed by atoms with Crippen LogP contribution in [0, 0.1) is 5.82 Å². The van der Waals surface area contributed by atoms with Gasteiger partial charge in [0, 0.05) is 44.0 Å². The molecule has 1 aromatic carbocycles. The van der Waals surface area contributed by atoms with Crippen molar-refractivity contribution < 1.29 is 9.18 Å². The molecule has 2 rings (SSSR count). The highest BCUT2D eigenvalue weighted by Gasteiger charge is 2.18. The summed E-state index contributed by atoms with van der Waals surface area (Å²) >= 11 is 1.72. The molecule has 0 atom stereocenters. The number of thioether (sulfide) groups is 1. The molecule has 0 spiro atoms. The van der Waals surface area contributed by atoms with Crippen molar-refractivity contribution in [3.05, 3.63) is 30.1 Å². The quantitative estimate of drug-likeness (QED) is 0.167. The van der Waals surface area contributed by atoms with Crippen molar-refractivity contribution in [1.29, 1.82) is 0 Å². The normalized spacial score (nSPS) is 14.2. The lowest BCUT2D eigenvalue weighted by Crippen LogP contribution is -2.39. The van der Waals surface area contributed by atoms with Crippen LogP contribution in [0.25, 0.3) is 0 Å². The Bertz CT molecular complexity index is 586. The van der Waals surface area contributed by atoms with Crippen LogP contribution >= 0.6 is 35.7 Å². The highest BCUT2D eigenvalue weighted by molar-refractivity contribution is 14.0. The van der Waals surface area contributed by atoms with Gasteiger partial charge in [0.1, 0.15) is 5.82 Å². The second-order valence-electron chi connectivity index (χ2n) is 6.18. The summed E-state index contributed by atoms with van der Waals surface area (Å²) in [6.45, 7) is 6.14. The zero-order valence-corrected chi connectivity index (χ0v) is 19.0. The Morgan fingerprint density at radius 2 is 2.04 bits per heavy atom. The first-order valence-corrected chi connectivity index (χ1v) is 10.4. The summed E-state index contributed by atoms with van der Waals surface area (Å²) in [7, 11) is 0. The van der Waals surface area contributed by atoms with E-state index in [4.69, 9.17) is 0 Å². The number of hydrogen-bond acceptors (Lipinski definition) is 3. The fourth-order valence-corrected chi connectivity index (χ4v) is 3.57. The van der Waals surface area contributed by atoms with Crippen LogP contribution in [0.1, 0.15) is 32.6 Å². The minimum atomic E-state index is -0.200. The summed E-state index contributed by atoms with van der Waals surface area (Å²) < 4.78 is 12.9. The Balaban J connectivity index is 0.00000364. The minimum Gasteiger partial charge on any atom is -0.357 e. The SMILES string of the molecule is CCNC(=NCCCSc1ccc(F)cc1)NCCCN1CCCC1=O.I. The molecule has 1 aliphatic rings. The maximum atomic E-state index is 12.9. The van der Waals surface area contributed by atoms with E-state index in [1.165, 1.54) is 12.1 Å². The second kappa shape index (κ2) is 14.0. The van der Waals surface area contributed by atoms with E-state index in [0.29, 0.717) is 6.42 Å². The Kier molecular flexibility index (Phi) is 12.5. The Morgan fingerprint density at radius 3 is 2.70 bits per heavy atom. The first-order chi connectivity index (χ1) is 12.7. The Morgan fingerprint density at radius 1 is 1.26 bits per heavy atom. The van der Waals surface area contributed by atoms with Crippen molar-refractivity contribution in [2.24, 2.45) is 4.99 Å². The fraction of sp³-hybridized carbons (Fsp3) is 0.579. The van der Waals surface area contributed by atoms with Crippen LogP contribution in [-0.2, 0) is 4.79 Å². The number of guanidine groups is 1. The zero-order valence-electron chi connectivity index (χ0n) is 15.9. The van der Waals surface area contributed by atoms with Gasteiger partial charge in [-0.25, -0.2) is 4.39 Å². The molecule has 1 aliphatic heterocycles. The van der Waals surface area contributed by atoms with E-state index in [1.54, 1.807) is 23.9 Å². The third kappa shape index (κ3) is 9.64. The van der Waals surface area contributed by atoms with Gasteiger partial charge in [0.25, 0.3) is 0 Å². The molecule has 27 heavy (non-hydrogen) atoms. The van der Waals surface area contributed by atoms with Crippen LogP contribution < -0.4 is 10.6 Å². The Labute approximate surface area is 183 Å². The molecule has 8 heteroatoms. The molecule has 152 valence electrons. The van der Waals surface area contributed by atoms with Gasteiger partial charge >= 0.3 is 0 Å². The lowest BCUT2D eigenvalue weighted by atomic mass is 10.4. The first kappa shape index (κ1) is 24.0. The number of carbonyl (C=O) groups is 1. The zero-order chi connectivity index (χ0) is 18.6. The summed E-state index contributed by atoms with van der Waals surface area (Å²) in [6.07, 6.45) is 3.58. The van der Waals surface area contributed by atoms with Gasteiger partial charge in [-0.15, -0.1) is 35.7 Å². The summed E-state index contributed by atoms with van der Waals surface area (Å²) in [4.78, 5) is 19.2. The molecule has 0 radical (unpaired) electrons. The number of aliphatic imine (C=N–C) groups is 1.